The molecule has 1 aliphatic rings. The fourth-order valence-electron chi connectivity index (χ4n) is 5.53. The molecule has 0 bridgehead atoms. The molecule has 1 heteroatoms. The van der Waals surface area contributed by atoms with Crippen molar-refractivity contribution in [1.82, 2.24) is 0 Å². The number of hydrogen-bond acceptors (Lipinski definition) is 0. The molecule has 0 aromatic heterocycles. The lowest BCUT2D eigenvalue weighted by molar-refractivity contribution is 0.0570. The highest BCUT2D eigenvalue weighted by Crippen LogP contribution is 2.60. The fourth-order valence-corrected chi connectivity index (χ4v) is 5.80. The zero-order chi connectivity index (χ0) is 19.9. The van der Waals surface area contributed by atoms with Crippen LogP contribution in [0.25, 0.3) is 12.2 Å². The van der Waals surface area contributed by atoms with Crippen LogP contribution in [0.5, 0.6) is 0 Å². The molecule has 26 heavy (non-hydrogen) atoms. The van der Waals surface area contributed by atoms with Crippen LogP contribution < -0.4 is 0 Å². The molecule has 1 aromatic rings. The summed E-state index contributed by atoms with van der Waals surface area (Å²) in [5.74, 6) is 0. The largest absolute Gasteiger partial charge is 0.0984 e. The van der Waals surface area contributed by atoms with Gasteiger partial charge >= 0.3 is 0 Å². The lowest BCUT2D eigenvalue weighted by atomic mass is 9.59. The molecule has 0 heterocycles. The third-order valence-electron chi connectivity index (χ3n) is 7.37. The van der Waals surface area contributed by atoms with Crippen LogP contribution in [-0.4, -0.2) is 0 Å². The van der Waals surface area contributed by atoms with Gasteiger partial charge < -0.3 is 0 Å². The fraction of sp³-hybridized carbons (Fsp3) is 0.600. The summed E-state index contributed by atoms with van der Waals surface area (Å²) in [6, 6.07) is 0. The van der Waals surface area contributed by atoms with Gasteiger partial charge in [0.25, 0.3) is 0 Å². The maximum absolute atomic E-state index is 6.89. The van der Waals surface area contributed by atoms with Gasteiger partial charge in [-0.3, -0.25) is 0 Å². The quantitative estimate of drug-likeness (QED) is 0.470. The van der Waals surface area contributed by atoms with E-state index >= 15 is 0 Å². The van der Waals surface area contributed by atoms with E-state index < -0.39 is 0 Å². The van der Waals surface area contributed by atoms with E-state index in [1.165, 1.54) is 42.4 Å². The van der Waals surface area contributed by atoms with Gasteiger partial charge in [0, 0.05) is 5.02 Å². The van der Waals surface area contributed by atoms with E-state index in [4.69, 9.17) is 11.6 Å². The van der Waals surface area contributed by atoms with Crippen molar-refractivity contribution < 1.29 is 0 Å². The Hall–Kier alpha value is -1.01. The van der Waals surface area contributed by atoms with Gasteiger partial charge in [-0.1, -0.05) is 71.5 Å². The molecule has 1 aliphatic carbocycles. The first-order valence-corrected chi connectivity index (χ1v) is 10.4. The zero-order valence-corrected chi connectivity index (χ0v) is 18.7. The SMILES string of the molecule is C=Cc1c(C)c(Cl)c(CC(C)(C)C2(CC)CCC(C)(C)C2)c(C=C)c1C. The summed E-state index contributed by atoms with van der Waals surface area (Å²) in [6.45, 7) is 24.5. The molecule has 0 radical (unpaired) electrons. The molecule has 1 fully saturated rings. The van der Waals surface area contributed by atoms with Crippen LogP contribution in [0, 0.1) is 30.1 Å². The lowest BCUT2D eigenvalue weighted by Crippen LogP contribution is -2.38. The molecular weight excluding hydrogens is 336 g/mol. The number of benzene rings is 1. The van der Waals surface area contributed by atoms with Gasteiger partial charge in [0.05, 0.1) is 0 Å². The molecule has 0 spiro atoms. The Balaban J connectivity index is 2.57. The van der Waals surface area contributed by atoms with Crippen molar-refractivity contribution in [1.29, 1.82) is 0 Å². The van der Waals surface area contributed by atoms with Gasteiger partial charge in [-0.15, -0.1) is 0 Å². The lowest BCUT2D eigenvalue weighted by Gasteiger charge is -2.46. The first-order valence-electron chi connectivity index (χ1n) is 10.0. The maximum atomic E-state index is 6.89. The Bertz CT molecular complexity index is 720. The van der Waals surface area contributed by atoms with Gasteiger partial charge in [0.1, 0.15) is 0 Å². The second-order valence-electron chi connectivity index (χ2n) is 9.81. The van der Waals surface area contributed by atoms with E-state index in [-0.39, 0.29) is 5.41 Å². The van der Waals surface area contributed by atoms with Crippen molar-refractivity contribution in [3.05, 3.63) is 46.0 Å². The standard InChI is InChI=1S/C25H37Cl/c1-10-19-17(4)20(11-2)21(22(26)18(19)5)15-24(8,9)25(12-3)14-13-23(6,7)16-25/h10-11H,1-2,12-16H2,3-9H3. The molecule has 1 aromatic carbocycles. The summed E-state index contributed by atoms with van der Waals surface area (Å²) >= 11 is 6.89. The number of hydrogen-bond donors (Lipinski definition) is 0. The molecule has 0 amide bonds. The highest BCUT2D eigenvalue weighted by Gasteiger charge is 2.51. The Kier molecular flexibility index (Phi) is 5.89. The van der Waals surface area contributed by atoms with Gasteiger partial charge in [-0.2, -0.15) is 0 Å². The molecule has 0 saturated heterocycles. The molecular formula is C25H37Cl. The van der Waals surface area contributed by atoms with Crippen LogP contribution in [0.4, 0.5) is 0 Å². The van der Waals surface area contributed by atoms with Crippen LogP contribution in [0.1, 0.15) is 88.1 Å². The molecule has 144 valence electrons. The van der Waals surface area contributed by atoms with Crippen LogP contribution in [0.3, 0.4) is 0 Å². The Labute approximate surface area is 166 Å². The Morgan fingerprint density at radius 3 is 2.04 bits per heavy atom. The van der Waals surface area contributed by atoms with E-state index in [9.17, 15) is 0 Å². The van der Waals surface area contributed by atoms with Crippen molar-refractivity contribution in [2.45, 2.75) is 80.6 Å². The molecule has 1 atom stereocenters. The van der Waals surface area contributed by atoms with Gasteiger partial charge in [-0.05, 0) is 90.0 Å². The van der Waals surface area contributed by atoms with Crippen LogP contribution in [0.2, 0.25) is 5.02 Å². The van der Waals surface area contributed by atoms with E-state index in [1.54, 1.807) is 0 Å². The van der Waals surface area contributed by atoms with Gasteiger partial charge in [-0.25, -0.2) is 0 Å². The van der Waals surface area contributed by atoms with Crippen molar-refractivity contribution in [3.63, 3.8) is 0 Å². The summed E-state index contributed by atoms with van der Waals surface area (Å²) in [5, 5.41) is 0.900. The molecule has 2 rings (SSSR count). The molecule has 1 unspecified atom stereocenters. The molecule has 0 aliphatic heterocycles. The second-order valence-corrected chi connectivity index (χ2v) is 10.2. The van der Waals surface area contributed by atoms with E-state index in [0.29, 0.717) is 10.8 Å². The van der Waals surface area contributed by atoms with Gasteiger partial charge in [0.15, 0.2) is 0 Å². The summed E-state index contributed by atoms with van der Waals surface area (Å²) < 4.78 is 0. The average Bonchev–Trinajstić information content (AvgIpc) is 2.90. The third kappa shape index (κ3) is 3.42. The Morgan fingerprint density at radius 2 is 1.62 bits per heavy atom. The monoisotopic (exact) mass is 372 g/mol. The average molecular weight is 373 g/mol. The number of rotatable bonds is 6. The van der Waals surface area contributed by atoms with E-state index in [1.807, 2.05) is 12.2 Å². The summed E-state index contributed by atoms with van der Waals surface area (Å²) in [5.41, 5.74) is 7.02. The van der Waals surface area contributed by atoms with Gasteiger partial charge in [0.2, 0.25) is 0 Å². The normalized spacial score (nSPS) is 22.5. The first-order chi connectivity index (χ1) is 11.9. The van der Waals surface area contributed by atoms with E-state index in [2.05, 4.69) is 61.6 Å². The molecule has 0 nitrogen and oxygen atoms in total. The zero-order valence-electron chi connectivity index (χ0n) is 18.0. The predicted octanol–water partition coefficient (Wildman–Crippen LogP) is 8.42. The van der Waals surface area contributed by atoms with Crippen LogP contribution >= 0.6 is 11.6 Å². The van der Waals surface area contributed by atoms with Crippen molar-refractivity contribution >= 4 is 23.8 Å². The van der Waals surface area contributed by atoms with E-state index in [0.717, 1.165) is 22.6 Å². The number of halogens is 1. The maximum Gasteiger partial charge on any atom is 0.0479 e. The minimum atomic E-state index is 0.186. The highest BCUT2D eigenvalue weighted by molar-refractivity contribution is 6.32. The second kappa shape index (κ2) is 7.19. The minimum absolute atomic E-state index is 0.186. The smallest absolute Gasteiger partial charge is 0.0479 e. The highest BCUT2D eigenvalue weighted by atomic mass is 35.5. The predicted molar refractivity (Wildman–Crippen MR) is 119 cm³/mol. The topological polar surface area (TPSA) is 0 Å². The molecule has 0 N–H and O–H groups in total. The Morgan fingerprint density at radius 1 is 1.04 bits per heavy atom. The molecule has 1 saturated carbocycles. The third-order valence-corrected chi connectivity index (χ3v) is 7.88. The van der Waals surface area contributed by atoms with Crippen molar-refractivity contribution in [2.75, 3.05) is 0 Å². The first kappa shape index (κ1) is 21.3. The summed E-state index contributed by atoms with van der Waals surface area (Å²) in [7, 11) is 0. The summed E-state index contributed by atoms with van der Waals surface area (Å²) in [6.07, 6.45) is 10.1. The summed E-state index contributed by atoms with van der Waals surface area (Å²) in [4.78, 5) is 0. The van der Waals surface area contributed by atoms with Crippen LogP contribution in [0.15, 0.2) is 13.2 Å². The van der Waals surface area contributed by atoms with Crippen molar-refractivity contribution in [3.8, 4) is 0 Å². The van der Waals surface area contributed by atoms with Crippen molar-refractivity contribution in [2.24, 2.45) is 16.2 Å². The van der Waals surface area contributed by atoms with Crippen LogP contribution in [-0.2, 0) is 6.42 Å². The minimum Gasteiger partial charge on any atom is -0.0984 e.